The average molecular weight is 353 g/mol. The van der Waals surface area contributed by atoms with Crippen molar-refractivity contribution in [2.45, 2.75) is 39.9 Å². The Morgan fingerprint density at radius 3 is 3.00 bits per heavy atom. The first-order valence-corrected chi connectivity index (χ1v) is 8.88. The van der Waals surface area contributed by atoms with Gasteiger partial charge in [0.05, 0.1) is 34.6 Å². The smallest absolute Gasteiger partial charge is 0.252 e. The lowest BCUT2D eigenvalue weighted by Crippen LogP contribution is -2.24. The van der Waals surface area contributed by atoms with Crippen LogP contribution in [0, 0.1) is 13.8 Å². The largest absolute Gasteiger partial charge is 0.346 e. The second kappa shape index (κ2) is 6.53. The summed E-state index contributed by atoms with van der Waals surface area (Å²) in [6.07, 6.45) is 1.06. The van der Waals surface area contributed by atoms with Crippen LogP contribution < -0.4 is 10.6 Å². The van der Waals surface area contributed by atoms with Gasteiger partial charge in [-0.15, -0.1) is 0 Å². The van der Waals surface area contributed by atoms with Gasteiger partial charge in [0, 0.05) is 25.8 Å². The van der Waals surface area contributed by atoms with E-state index in [1.54, 1.807) is 4.68 Å². The summed E-state index contributed by atoms with van der Waals surface area (Å²) < 4.78 is 3.75. The number of aromatic nitrogens is 5. The van der Waals surface area contributed by atoms with Crippen molar-refractivity contribution in [2.24, 2.45) is 7.05 Å². The SMILES string of the molecule is Cc1cc(C(=O)NCc2cc3n(n2)CCCNC3)c2c(C)nn(C)c2n1. The molecule has 3 aromatic heterocycles. The van der Waals surface area contributed by atoms with Crippen molar-refractivity contribution in [2.75, 3.05) is 6.54 Å². The van der Waals surface area contributed by atoms with Gasteiger partial charge in [-0.25, -0.2) is 4.98 Å². The molecular weight excluding hydrogens is 330 g/mol. The molecule has 0 saturated heterocycles. The van der Waals surface area contributed by atoms with Crippen LogP contribution in [0.4, 0.5) is 0 Å². The molecule has 0 aliphatic carbocycles. The van der Waals surface area contributed by atoms with Gasteiger partial charge < -0.3 is 10.6 Å². The zero-order valence-corrected chi connectivity index (χ0v) is 15.3. The molecular formula is C18H23N7O. The first kappa shape index (κ1) is 16.7. The molecule has 0 atom stereocenters. The van der Waals surface area contributed by atoms with E-state index in [0.29, 0.717) is 12.1 Å². The van der Waals surface area contributed by atoms with Gasteiger partial charge in [-0.2, -0.15) is 10.2 Å². The average Bonchev–Trinajstić information content (AvgIpc) is 3.04. The molecule has 4 heterocycles. The third kappa shape index (κ3) is 2.96. The highest BCUT2D eigenvalue weighted by atomic mass is 16.1. The van der Waals surface area contributed by atoms with Crippen molar-refractivity contribution in [1.29, 1.82) is 0 Å². The first-order chi connectivity index (χ1) is 12.5. The molecule has 0 saturated carbocycles. The molecule has 4 rings (SSSR count). The molecule has 2 N–H and O–H groups in total. The van der Waals surface area contributed by atoms with E-state index in [2.05, 4.69) is 31.9 Å². The second-order valence-corrected chi connectivity index (χ2v) is 6.78. The number of carbonyl (C=O) groups excluding carboxylic acids is 1. The van der Waals surface area contributed by atoms with Crippen molar-refractivity contribution in [3.8, 4) is 0 Å². The topological polar surface area (TPSA) is 89.7 Å². The summed E-state index contributed by atoms with van der Waals surface area (Å²) in [5, 5.41) is 16.2. The van der Waals surface area contributed by atoms with Crippen LogP contribution in [0.15, 0.2) is 12.1 Å². The number of hydrogen-bond acceptors (Lipinski definition) is 5. The predicted molar refractivity (Wildman–Crippen MR) is 97.7 cm³/mol. The van der Waals surface area contributed by atoms with Crippen molar-refractivity contribution >= 4 is 16.9 Å². The van der Waals surface area contributed by atoms with Crippen LogP contribution in [0.5, 0.6) is 0 Å². The molecule has 26 heavy (non-hydrogen) atoms. The van der Waals surface area contributed by atoms with E-state index in [9.17, 15) is 4.79 Å². The molecule has 0 fully saturated rings. The summed E-state index contributed by atoms with van der Waals surface area (Å²) in [6, 6.07) is 3.87. The van der Waals surface area contributed by atoms with Gasteiger partial charge in [0.25, 0.3) is 5.91 Å². The Kier molecular flexibility index (Phi) is 4.20. The number of hydrogen-bond donors (Lipinski definition) is 2. The van der Waals surface area contributed by atoms with Gasteiger partial charge in [0.15, 0.2) is 5.65 Å². The minimum absolute atomic E-state index is 0.127. The lowest BCUT2D eigenvalue weighted by atomic mass is 10.1. The summed E-state index contributed by atoms with van der Waals surface area (Å²) in [5.74, 6) is -0.127. The van der Waals surface area contributed by atoms with Crippen LogP contribution in [-0.2, 0) is 26.7 Å². The monoisotopic (exact) mass is 353 g/mol. The number of fused-ring (bicyclic) bond motifs is 2. The summed E-state index contributed by atoms with van der Waals surface area (Å²) in [5.41, 5.74) is 4.98. The molecule has 3 aromatic rings. The van der Waals surface area contributed by atoms with Crippen molar-refractivity contribution in [3.63, 3.8) is 0 Å². The fourth-order valence-electron chi connectivity index (χ4n) is 3.52. The molecule has 0 aromatic carbocycles. The Morgan fingerprint density at radius 1 is 1.31 bits per heavy atom. The molecule has 0 bridgehead atoms. The molecule has 1 aliphatic heterocycles. The van der Waals surface area contributed by atoms with Gasteiger partial charge in [0.1, 0.15) is 0 Å². The highest BCUT2D eigenvalue weighted by Gasteiger charge is 2.18. The van der Waals surface area contributed by atoms with E-state index in [0.717, 1.165) is 59.9 Å². The van der Waals surface area contributed by atoms with Gasteiger partial charge in [-0.1, -0.05) is 0 Å². The Balaban J connectivity index is 1.57. The second-order valence-electron chi connectivity index (χ2n) is 6.78. The number of rotatable bonds is 3. The third-order valence-electron chi connectivity index (χ3n) is 4.71. The molecule has 8 nitrogen and oxygen atoms in total. The van der Waals surface area contributed by atoms with E-state index < -0.39 is 0 Å². The Morgan fingerprint density at radius 2 is 2.15 bits per heavy atom. The van der Waals surface area contributed by atoms with Crippen LogP contribution in [0.2, 0.25) is 0 Å². The highest BCUT2D eigenvalue weighted by molar-refractivity contribution is 6.06. The van der Waals surface area contributed by atoms with Crippen molar-refractivity contribution in [1.82, 2.24) is 35.2 Å². The Labute approximate surface area is 151 Å². The zero-order valence-electron chi connectivity index (χ0n) is 15.3. The lowest BCUT2D eigenvalue weighted by Gasteiger charge is -2.07. The number of aryl methyl sites for hydroxylation is 4. The van der Waals surface area contributed by atoms with E-state index in [4.69, 9.17) is 0 Å². The highest BCUT2D eigenvalue weighted by Crippen LogP contribution is 2.21. The zero-order chi connectivity index (χ0) is 18.3. The Bertz CT molecular complexity index is 962. The standard InChI is InChI=1S/C18H23N7O/c1-11-7-15(16-12(2)22-24(3)17(16)21-11)18(26)20-9-13-8-14-10-19-5-4-6-25(14)23-13/h7-8,19H,4-6,9-10H2,1-3H3,(H,20,26). The number of pyridine rings is 1. The van der Waals surface area contributed by atoms with Crippen LogP contribution in [0.25, 0.3) is 11.0 Å². The lowest BCUT2D eigenvalue weighted by molar-refractivity contribution is 0.0951. The maximum absolute atomic E-state index is 12.8. The molecule has 0 spiro atoms. The molecule has 1 aliphatic rings. The minimum atomic E-state index is -0.127. The maximum atomic E-state index is 12.8. The number of nitrogens with zero attached hydrogens (tertiary/aromatic N) is 5. The van der Waals surface area contributed by atoms with Gasteiger partial charge in [-0.05, 0) is 38.9 Å². The van der Waals surface area contributed by atoms with Crippen LogP contribution >= 0.6 is 0 Å². The van der Waals surface area contributed by atoms with E-state index in [1.807, 2.05) is 31.6 Å². The Hall–Kier alpha value is -2.74. The summed E-state index contributed by atoms with van der Waals surface area (Å²) in [4.78, 5) is 17.3. The molecule has 0 unspecified atom stereocenters. The predicted octanol–water partition coefficient (Wildman–Crippen LogP) is 1.20. The van der Waals surface area contributed by atoms with Crippen LogP contribution in [0.1, 0.15) is 39.6 Å². The van der Waals surface area contributed by atoms with E-state index >= 15 is 0 Å². The van der Waals surface area contributed by atoms with Crippen molar-refractivity contribution in [3.05, 3.63) is 40.5 Å². The van der Waals surface area contributed by atoms with Crippen molar-refractivity contribution < 1.29 is 4.79 Å². The summed E-state index contributed by atoms with van der Waals surface area (Å²) in [7, 11) is 1.84. The van der Waals surface area contributed by atoms with Gasteiger partial charge >= 0.3 is 0 Å². The molecule has 1 amide bonds. The summed E-state index contributed by atoms with van der Waals surface area (Å²) in [6.45, 7) is 6.93. The minimum Gasteiger partial charge on any atom is -0.346 e. The quantitative estimate of drug-likeness (QED) is 0.739. The fraction of sp³-hybridized carbons (Fsp3) is 0.444. The molecule has 8 heteroatoms. The number of amides is 1. The normalized spacial score (nSPS) is 14.3. The van der Waals surface area contributed by atoms with Gasteiger partial charge in [0.2, 0.25) is 0 Å². The molecule has 0 radical (unpaired) electrons. The first-order valence-electron chi connectivity index (χ1n) is 8.88. The van der Waals surface area contributed by atoms with Crippen LogP contribution in [0.3, 0.4) is 0 Å². The fourth-order valence-corrected chi connectivity index (χ4v) is 3.52. The number of nitrogens with one attached hydrogen (secondary N) is 2. The number of carbonyl (C=O) groups is 1. The molecule has 136 valence electrons. The third-order valence-corrected chi connectivity index (χ3v) is 4.71. The van der Waals surface area contributed by atoms with Gasteiger partial charge in [-0.3, -0.25) is 14.2 Å². The van der Waals surface area contributed by atoms with E-state index in [1.165, 1.54) is 0 Å². The maximum Gasteiger partial charge on any atom is 0.252 e. The summed E-state index contributed by atoms with van der Waals surface area (Å²) >= 11 is 0. The van der Waals surface area contributed by atoms with E-state index in [-0.39, 0.29) is 5.91 Å². The van der Waals surface area contributed by atoms with Crippen LogP contribution in [-0.4, -0.2) is 37.0 Å².